The summed E-state index contributed by atoms with van der Waals surface area (Å²) in [6.45, 7) is 5.51. The van der Waals surface area contributed by atoms with E-state index < -0.39 is 11.6 Å². The van der Waals surface area contributed by atoms with Crippen molar-refractivity contribution < 1.29 is 14.3 Å². The van der Waals surface area contributed by atoms with Crippen LogP contribution in [0.3, 0.4) is 0 Å². The first-order chi connectivity index (χ1) is 8.47. The van der Waals surface area contributed by atoms with E-state index in [1.807, 2.05) is 51.1 Å². The van der Waals surface area contributed by atoms with Crippen LogP contribution in [-0.4, -0.2) is 24.0 Å². The lowest BCUT2D eigenvalue weighted by molar-refractivity contribution is -0.158. The van der Waals surface area contributed by atoms with E-state index in [1.165, 1.54) is 6.40 Å². The van der Waals surface area contributed by atoms with E-state index in [0.29, 0.717) is 0 Å². The fourth-order valence-electron chi connectivity index (χ4n) is 1.77. The van der Waals surface area contributed by atoms with Crippen molar-refractivity contribution >= 4 is 12.4 Å². The van der Waals surface area contributed by atoms with Gasteiger partial charge in [-0.05, 0) is 26.3 Å². The summed E-state index contributed by atoms with van der Waals surface area (Å²) in [5.41, 5.74) is 0.405. The quantitative estimate of drug-likeness (QED) is 0.754. The average molecular weight is 247 g/mol. The lowest BCUT2D eigenvalue weighted by Gasteiger charge is -2.23. The van der Waals surface area contributed by atoms with Crippen molar-refractivity contribution in [2.24, 2.45) is 4.99 Å². The van der Waals surface area contributed by atoms with Gasteiger partial charge in [0.25, 0.3) is 0 Å². The van der Waals surface area contributed by atoms with Crippen LogP contribution in [0.1, 0.15) is 32.4 Å². The number of ether oxygens (including phenoxy) is 2. The minimum Gasteiger partial charge on any atom is -0.473 e. The van der Waals surface area contributed by atoms with Crippen LogP contribution < -0.4 is 0 Å². The summed E-state index contributed by atoms with van der Waals surface area (Å²) < 4.78 is 10.7. The van der Waals surface area contributed by atoms with Crippen LogP contribution >= 0.6 is 0 Å². The number of rotatable bonds is 2. The second kappa shape index (κ2) is 4.80. The Bertz CT molecular complexity index is 448. The highest BCUT2D eigenvalue weighted by molar-refractivity contribution is 5.80. The van der Waals surface area contributed by atoms with Crippen LogP contribution in [0.15, 0.2) is 35.3 Å². The van der Waals surface area contributed by atoms with E-state index in [-0.39, 0.29) is 12.1 Å². The van der Waals surface area contributed by atoms with Gasteiger partial charge >= 0.3 is 5.97 Å². The number of carbonyl (C=O) groups is 1. The molecule has 1 aliphatic rings. The van der Waals surface area contributed by atoms with Crippen molar-refractivity contribution in [3.05, 3.63) is 35.9 Å². The van der Waals surface area contributed by atoms with Gasteiger partial charge < -0.3 is 9.47 Å². The molecule has 1 heterocycles. The third-order valence-electron chi connectivity index (χ3n) is 2.49. The molecule has 0 aliphatic carbocycles. The molecule has 0 bridgehead atoms. The molecule has 1 aromatic rings. The molecule has 18 heavy (non-hydrogen) atoms. The Kier molecular flexibility index (Phi) is 3.36. The molecule has 0 unspecified atom stereocenters. The Hall–Kier alpha value is -1.84. The molecular weight excluding hydrogens is 230 g/mol. The number of carbonyl (C=O) groups excluding carboxylic acids is 1. The van der Waals surface area contributed by atoms with Gasteiger partial charge in [-0.25, -0.2) is 9.79 Å². The predicted molar refractivity (Wildman–Crippen MR) is 68.4 cm³/mol. The van der Waals surface area contributed by atoms with Crippen LogP contribution in [0.4, 0.5) is 0 Å². The van der Waals surface area contributed by atoms with Crippen LogP contribution in [0, 0.1) is 0 Å². The number of nitrogens with zero attached hydrogens (tertiary/aromatic N) is 1. The molecule has 4 nitrogen and oxygen atoms in total. The van der Waals surface area contributed by atoms with Crippen molar-refractivity contribution in [3.63, 3.8) is 0 Å². The summed E-state index contributed by atoms with van der Waals surface area (Å²) in [6, 6.07) is 8.94. The Morgan fingerprint density at radius 3 is 2.56 bits per heavy atom. The van der Waals surface area contributed by atoms with E-state index in [9.17, 15) is 4.79 Å². The normalized spacial score (nSPS) is 22.6. The standard InChI is InChI=1S/C14H17NO3/c1-14(2,3)18-13(16)11-12(17-9-15-11)10-7-5-4-6-8-10/h4-9,11-12H,1-3H3/t11-,12+/m0/s1. The minimum atomic E-state index is -0.619. The van der Waals surface area contributed by atoms with Crippen molar-refractivity contribution in [3.8, 4) is 0 Å². The SMILES string of the molecule is CC(C)(C)OC(=O)[C@H]1N=CO[C@@H]1c1ccccc1. The molecular formula is C14H17NO3. The molecule has 0 saturated heterocycles. The van der Waals surface area contributed by atoms with E-state index in [0.717, 1.165) is 5.56 Å². The predicted octanol–water partition coefficient (Wildman–Crippen LogP) is 2.50. The maximum Gasteiger partial charge on any atom is 0.335 e. The topological polar surface area (TPSA) is 47.9 Å². The third-order valence-corrected chi connectivity index (χ3v) is 2.49. The average Bonchev–Trinajstić information content (AvgIpc) is 2.76. The largest absolute Gasteiger partial charge is 0.473 e. The van der Waals surface area contributed by atoms with Gasteiger partial charge in [-0.2, -0.15) is 0 Å². The zero-order chi connectivity index (χ0) is 13.2. The summed E-state index contributed by atoms with van der Waals surface area (Å²) >= 11 is 0. The zero-order valence-electron chi connectivity index (χ0n) is 10.8. The minimum absolute atomic E-state index is 0.356. The van der Waals surface area contributed by atoms with Crippen LogP contribution in [0.5, 0.6) is 0 Å². The van der Waals surface area contributed by atoms with Gasteiger partial charge in [-0.1, -0.05) is 30.3 Å². The first-order valence-electron chi connectivity index (χ1n) is 5.92. The maximum absolute atomic E-state index is 12.0. The van der Waals surface area contributed by atoms with Gasteiger partial charge in [0, 0.05) is 0 Å². The molecule has 96 valence electrons. The number of esters is 1. The molecule has 0 saturated carbocycles. The van der Waals surface area contributed by atoms with Gasteiger partial charge in [0.1, 0.15) is 5.60 Å². The molecule has 0 spiro atoms. The molecule has 2 atom stereocenters. The van der Waals surface area contributed by atoms with E-state index in [4.69, 9.17) is 9.47 Å². The lowest BCUT2D eigenvalue weighted by Crippen LogP contribution is -2.33. The second-order valence-corrected chi connectivity index (χ2v) is 5.20. The first-order valence-corrected chi connectivity index (χ1v) is 5.92. The molecule has 0 amide bonds. The Balaban J connectivity index is 2.13. The van der Waals surface area contributed by atoms with Gasteiger partial charge in [-0.3, -0.25) is 0 Å². The fraction of sp³-hybridized carbons (Fsp3) is 0.429. The van der Waals surface area contributed by atoms with Gasteiger partial charge in [-0.15, -0.1) is 0 Å². The number of aliphatic imine (C=N–C) groups is 1. The van der Waals surface area contributed by atoms with Crippen LogP contribution in [0.2, 0.25) is 0 Å². The highest BCUT2D eigenvalue weighted by atomic mass is 16.6. The highest BCUT2D eigenvalue weighted by Crippen LogP contribution is 2.28. The molecule has 0 aromatic heterocycles. The monoisotopic (exact) mass is 247 g/mol. The molecule has 1 aromatic carbocycles. The van der Waals surface area contributed by atoms with Gasteiger partial charge in [0.15, 0.2) is 18.5 Å². The molecule has 0 fully saturated rings. The van der Waals surface area contributed by atoms with Crippen LogP contribution in [-0.2, 0) is 14.3 Å². The van der Waals surface area contributed by atoms with Crippen molar-refractivity contribution in [2.45, 2.75) is 38.5 Å². The van der Waals surface area contributed by atoms with Crippen molar-refractivity contribution in [2.75, 3.05) is 0 Å². The molecule has 0 radical (unpaired) electrons. The molecule has 1 aliphatic heterocycles. The third kappa shape index (κ3) is 2.88. The van der Waals surface area contributed by atoms with Crippen molar-refractivity contribution in [1.29, 1.82) is 0 Å². The Labute approximate surface area is 107 Å². The summed E-state index contributed by atoms with van der Waals surface area (Å²) in [6.07, 6.45) is 0.938. The summed E-state index contributed by atoms with van der Waals surface area (Å²) in [5.74, 6) is -0.356. The van der Waals surface area contributed by atoms with Crippen molar-refractivity contribution in [1.82, 2.24) is 0 Å². The highest BCUT2D eigenvalue weighted by Gasteiger charge is 2.36. The van der Waals surface area contributed by atoms with Gasteiger partial charge in [0.05, 0.1) is 0 Å². The smallest absolute Gasteiger partial charge is 0.335 e. The summed E-state index contributed by atoms with van der Waals surface area (Å²) in [4.78, 5) is 16.1. The zero-order valence-corrected chi connectivity index (χ0v) is 10.8. The summed E-state index contributed by atoms with van der Waals surface area (Å²) in [7, 11) is 0. The van der Waals surface area contributed by atoms with E-state index in [1.54, 1.807) is 0 Å². The Morgan fingerprint density at radius 1 is 1.28 bits per heavy atom. The van der Waals surface area contributed by atoms with Gasteiger partial charge in [0.2, 0.25) is 0 Å². The number of benzene rings is 1. The first kappa shape index (κ1) is 12.6. The van der Waals surface area contributed by atoms with Crippen LogP contribution in [0.25, 0.3) is 0 Å². The Morgan fingerprint density at radius 2 is 1.94 bits per heavy atom. The molecule has 0 N–H and O–H groups in total. The second-order valence-electron chi connectivity index (χ2n) is 5.20. The fourth-order valence-corrected chi connectivity index (χ4v) is 1.77. The number of hydrogen-bond donors (Lipinski definition) is 0. The molecule has 2 rings (SSSR count). The maximum atomic E-state index is 12.0. The van der Waals surface area contributed by atoms with E-state index in [2.05, 4.69) is 4.99 Å². The summed E-state index contributed by atoms with van der Waals surface area (Å²) in [5, 5.41) is 0. The number of hydrogen-bond acceptors (Lipinski definition) is 4. The van der Waals surface area contributed by atoms with E-state index >= 15 is 0 Å². The lowest BCUT2D eigenvalue weighted by atomic mass is 10.0. The molecule has 4 heteroatoms.